The molecule has 0 saturated heterocycles. The lowest BCUT2D eigenvalue weighted by Gasteiger charge is -2.34. The van der Waals surface area contributed by atoms with E-state index in [2.05, 4.69) is 0 Å². The largest absolute Gasteiger partial charge is 0.403 e. The summed E-state index contributed by atoms with van der Waals surface area (Å²) < 4.78 is 76.1. The number of halogens is 6. The molecule has 0 unspecified atom stereocenters. The summed E-state index contributed by atoms with van der Waals surface area (Å²) in [4.78, 5) is 0. The zero-order chi connectivity index (χ0) is 14.9. The van der Waals surface area contributed by atoms with E-state index in [4.69, 9.17) is 5.26 Å². The third-order valence-corrected chi connectivity index (χ3v) is 2.87. The third-order valence-electron chi connectivity index (χ3n) is 2.87. The number of hydrogen-bond acceptors (Lipinski definition) is 1. The molecule has 1 aromatic rings. The molecule has 0 fully saturated rings. The molecule has 1 aromatic carbocycles. The van der Waals surface area contributed by atoms with Crippen molar-refractivity contribution in [3.8, 4) is 6.07 Å². The molecule has 0 aliphatic rings. The molecule has 0 heterocycles. The number of rotatable bonds is 2. The van der Waals surface area contributed by atoms with Gasteiger partial charge in [0.05, 0.1) is 11.6 Å². The molecule has 7 heteroatoms. The second kappa shape index (κ2) is 4.76. The Bertz CT molecular complexity index is 480. The Hall–Kier alpha value is -1.71. The minimum absolute atomic E-state index is 0.0178. The predicted molar refractivity (Wildman–Crippen MR) is 55.1 cm³/mol. The second-order valence-corrected chi connectivity index (χ2v) is 4.32. The fraction of sp³-hybridized carbons (Fsp3) is 0.417. The number of alkyl halides is 6. The van der Waals surface area contributed by atoms with E-state index in [1.165, 1.54) is 12.1 Å². The zero-order valence-corrected chi connectivity index (χ0v) is 9.73. The van der Waals surface area contributed by atoms with Crippen molar-refractivity contribution in [3.63, 3.8) is 0 Å². The monoisotopic (exact) mass is 281 g/mol. The average Bonchev–Trinajstić information content (AvgIpc) is 2.26. The van der Waals surface area contributed by atoms with Crippen molar-refractivity contribution in [2.75, 3.05) is 0 Å². The molecular formula is C12H9F6N. The Balaban J connectivity index is 3.20. The molecule has 0 spiro atoms. The van der Waals surface area contributed by atoms with Gasteiger partial charge in [0.1, 0.15) is 0 Å². The normalized spacial score (nSPS) is 13.2. The van der Waals surface area contributed by atoms with Crippen molar-refractivity contribution in [3.05, 3.63) is 35.4 Å². The van der Waals surface area contributed by atoms with Crippen LogP contribution in [0.3, 0.4) is 0 Å². The highest BCUT2D eigenvalue weighted by atomic mass is 19.4. The maximum Gasteiger partial charge on any atom is 0.403 e. The van der Waals surface area contributed by atoms with Gasteiger partial charge in [-0.1, -0.05) is 12.1 Å². The Morgan fingerprint density at radius 3 is 2.00 bits per heavy atom. The van der Waals surface area contributed by atoms with Crippen LogP contribution < -0.4 is 0 Å². The molecule has 0 amide bonds. The summed E-state index contributed by atoms with van der Waals surface area (Å²) in [7, 11) is 0. The summed E-state index contributed by atoms with van der Waals surface area (Å²) in [6.45, 7) is 0.117. The van der Waals surface area contributed by atoms with E-state index in [-0.39, 0.29) is 18.1 Å². The smallest absolute Gasteiger partial charge is 0.192 e. The number of hydrogen-bond donors (Lipinski definition) is 0. The van der Waals surface area contributed by atoms with Crippen LogP contribution in [0.4, 0.5) is 26.3 Å². The SMILES string of the molecule is CC(Cc1cccc(C#N)c1)(C(F)(F)F)C(F)(F)F. The van der Waals surface area contributed by atoms with Gasteiger partial charge in [-0.3, -0.25) is 0 Å². The van der Waals surface area contributed by atoms with E-state index in [0.29, 0.717) is 0 Å². The third kappa shape index (κ3) is 3.00. The average molecular weight is 281 g/mol. The van der Waals surface area contributed by atoms with E-state index in [1.807, 2.05) is 0 Å². The van der Waals surface area contributed by atoms with Gasteiger partial charge in [0, 0.05) is 0 Å². The number of nitrogens with zero attached hydrogens (tertiary/aromatic N) is 1. The highest BCUT2D eigenvalue weighted by Crippen LogP contribution is 2.51. The molecule has 0 aromatic heterocycles. The van der Waals surface area contributed by atoms with Crippen molar-refractivity contribution in [1.29, 1.82) is 5.26 Å². The maximum absolute atomic E-state index is 12.7. The lowest BCUT2D eigenvalue weighted by atomic mass is 9.82. The molecule has 104 valence electrons. The molecule has 0 saturated carbocycles. The summed E-state index contributed by atoms with van der Waals surface area (Å²) in [5.41, 5.74) is -4.01. The Labute approximate surface area is 105 Å². The van der Waals surface area contributed by atoms with E-state index in [9.17, 15) is 26.3 Å². The van der Waals surface area contributed by atoms with Gasteiger partial charge < -0.3 is 0 Å². The first-order valence-electron chi connectivity index (χ1n) is 5.14. The Morgan fingerprint density at radius 2 is 1.58 bits per heavy atom. The zero-order valence-electron chi connectivity index (χ0n) is 9.73. The highest BCUT2D eigenvalue weighted by molar-refractivity contribution is 5.33. The van der Waals surface area contributed by atoms with Crippen LogP contribution in [-0.2, 0) is 6.42 Å². The van der Waals surface area contributed by atoms with Gasteiger partial charge in [-0.05, 0) is 31.0 Å². The molecule has 0 aliphatic heterocycles. The van der Waals surface area contributed by atoms with Crippen LogP contribution in [0.2, 0.25) is 0 Å². The van der Waals surface area contributed by atoms with Crippen molar-refractivity contribution >= 4 is 0 Å². The van der Waals surface area contributed by atoms with Crippen LogP contribution in [0, 0.1) is 16.7 Å². The lowest BCUT2D eigenvalue weighted by Crippen LogP contribution is -2.49. The Kier molecular flexibility index (Phi) is 3.84. The van der Waals surface area contributed by atoms with Gasteiger partial charge in [-0.2, -0.15) is 31.6 Å². The fourth-order valence-corrected chi connectivity index (χ4v) is 1.52. The summed E-state index contributed by atoms with van der Waals surface area (Å²) in [5.74, 6) is 0. The van der Waals surface area contributed by atoms with Crippen LogP contribution in [-0.4, -0.2) is 12.4 Å². The van der Waals surface area contributed by atoms with Crippen LogP contribution in [0.15, 0.2) is 24.3 Å². The summed E-state index contributed by atoms with van der Waals surface area (Å²) in [6.07, 6.45) is -12.1. The minimum atomic E-state index is -5.42. The molecule has 1 rings (SSSR count). The molecule has 0 N–H and O–H groups in total. The lowest BCUT2D eigenvalue weighted by molar-refractivity contribution is -0.334. The summed E-state index contributed by atoms with van der Waals surface area (Å²) in [5, 5.41) is 8.59. The van der Waals surface area contributed by atoms with Gasteiger partial charge in [0.25, 0.3) is 0 Å². The van der Waals surface area contributed by atoms with E-state index in [1.54, 1.807) is 6.07 Å². The first kappa shape index (κ1) is 15.3. The number of nitriles is 1. The van der Waals surface area contributed by atoms with Crippen molar-refractivity contribution < 1.29 is 26.3 Å². The molecule has 0 aliphatic carbocycles. The standard InChI is InChI=1S/C12H9F6N/c1-10(11(13,14)15,12(16,17)18)6-8-3-2-4-9(5-8)7-19/h2-5H,6H2,1H3. The highest BCUT2D eigenvalue weighted by Gasteiger charge is 2.67. The molecule has 0 bridgehead atoms. The molecule has 1 nitrogen and oxygen atoms in total. The molecular weight excluding hydrogens is 272 g/mol. The van der Waals surface area contributed by atoms with Gasteiger partial charge >= 0.3 is 12.4 Å². The summed E-state index contributed by atoms with van der Waals surface area (Å²) >= 11 is 0. The predicted octanol–water partition coefficient (Wildman–Crippen LogP) is 4.23. The van der Waals surface area contributed by atoms with E-state index < -0.39 is 24.2 Å². The van der Waals surface area contributed by atoms with Crippen molar-refractivity contribution in [1.82, 2.24) is 0 Å². The van der Waals surface area contributed by atoms with E-state index >= 15 is 0 Å². The van der Waals surface area contributed by atoms with Crippen molar-refractivity contribution in [2.45, 2.75) is 25.7 Å². The van der Waals surface area contributed by atoms with Gasteiger partial charge in [0.2, 0.25) is 0 Å². The summed E-state index contributed by atoms with van der Waals surface area (Å²) in [6, 6.07) is 6.39. The topological polar surface area (TPSA) is 23.8 Å². The first-order chi connectivity index (χ1) is 8.51. The van der Waals surface area contributed by atoms with Crippen LogP contribution in [0.1, 0.15) is 18.1 Å². The van der Waals surface area contributed by atoms with Gasteiger partial charge in [0.15, 0.2) is 5.41 Å². The van der Waals surface area contributed by atoms with Crippen LogP contribution in [0.5, 0.6) is 0 Å². The maximum atomic E-state index is 12.7. The fourth-order valence-electron chi connectivity index (χ4n) is 1.52. The van der Waals surface area contributed by atoms with E-state index in [0.717, 1.165) is 12.1 Å². The van der Waals surface area contributed by atoms with Crippen LogP contribution >= 0.6 is 0 Å². The quantitative estimate of drug-likeness (QED) is 0.744. The van der Waals surface area contributed by atoms with Crippen LogP contribution in [0.25, 0.3) is 0 Å². The van der Waals surface area contributed by atoms with Crippen molar-refractivity contribution in [2.24, 2.45) is 5.41 Å². The Morgan fingerprint density at radius 1 is 1.05 bits per heavy atom. The molecule has 19 heavy (non-hydrogen) atoms. The molecule has 0 atom stereocenters. The minimum Gasteiger partial charge on any atom is -0.192 e. The number of benzene rings is 1. The van der Waals surface area contributed by atoms with Gasteiger partial charge in [-0.15, -0.1) is 0 Å². The first-order valence-corrected chi connectivity index (χ1v) is 5.14. The second-order valence-electron chi connectivity index (χ2n) is 4.32. The van der Waals surface area contributed by atoms with Gasteiger partial charge in [-0.25, -0.2) is 0 Å². The molecule has 0 radical (unpaired) electrons.